The molecule has 0 saturated carbocycles. The fourth-order valence-electron chi connectivity index (χ4n) is 1.81. The van der Waals surface area contributed by atoms with Crippen molar-refractivity contribution in [3.8, 4) is 0 Å². The first kappa shape index (κ1) is 13.0. The minimum atomic E-state index is 0.769. The average Bonchev–Trinajstić information content (AvgIpc) is 2.29. The number of nitrogen functional groups attached to an aromatic ring is 1. The Morgan fingerprint density at radius 2 is 1.61 bits per heavy atom. The molecule has 0 fully saturated rings. The number of benzene rings is 2. The molecule has 3 heteroatoms. The minimum absolute atomic E-state index is 0.769. The number of halogens is 1. The summed E-state index contributed by atoms with van der Waals surface area (Å²) in [5, 5.41) is 3.36. The van der Waals surface area contributed by atoms with E-state index in [1.165, 1.54) is 16.7 Å². The third-order valence-corrected chi connectivity index (χ3v) is 3.72. The molecule has 3 N–H and O–H groups in total. The Kier molecular flexibility index (Phi) is 3.62. The van der Waals surface area contributed by atoms with Crippen LogP contribution in [0.15, 0.2) is 34.8 Å². The predicted molar refractivity (Wildman–Crippen MR) is 82.5 cm³/mol. The van der Waals surface area contributed by atoms with Gasteiger partial charge in [0.25, 0.3) is 0 Å². The molecule has 0 bridgehead atoms. The molecule has 0 unspecified atom stereocenters. The molecule has 2 aromatic carbocycles. The smallest absolute Gasteiger partial charge is 0.0621 e. The average molecular weight is 305 g/mol. The van der Waals surface area contributed by atoms with Gasteiger partial charge in [0, 0.05) is 4.47 Å². The summed E-state index contributed by atoms with van der Waals surface area (Å²) < 4.78 is 1.04. The second-order valence-electron chi connectivity index (χ2n) is 4.63. The summed E-state index contributed by atoms with van der Waals surface area (Å²) in [7, 11) is 0. The molecule has 0 heterocycles. The van der Waals surface area contributed by atoms with E-state index in [0.717, 1.165) is 21.5 Å². The monoisotopic (exact) mass is 304 g/mol. The first-order valence-electron chi connectivity index (χ1n) is 5.87. The number of nitrogens with two attached hydrogens (primary N) is 1. The first-order chi connectivity index (χ1) is 8.47. The van der Waals surface area contributed by atoms with Crippen molar-refractivity contribution in [1.82, 2.24) is 0 Å². The number of anilines is 3. The summed E-state index contributed by atoms with van der Waals surface area (Å²) in [6.07, 6.45) is 0. The fraction of sp³-hybridized carbons (Fsp3) is 0.200. The zero-order chi connectivity index (χ0) is 13.3. The van der Waals surface area contributed by atoms with E-state index in [1.807, 2.05) is 12.1 Å². The van der Waals surface area contributed by atoms with Gasteiger partial charge >= 0.3 is 0 Å². The number of aryl methyl sites for hydroxylation is 3. The van der Waals surface area contributed by atoms with Crippen molar-refractivity contribution in [2.24, 2.45) is 0 Å². The van der Waals surface area contributed by atoms with E-state index in [9.17, 15) is 0 Å². The Hall–Kier alpha value is -1.48. The van der Waals surface area contributed by atoms with Gasteiger partial charge in [0.2, 0.25) is 0 Å². The maximum absolute atomic E-state index is 6.04. The van der Waals surface area contributed by atoms with Crippen molar-refractivity contribution < 1.29 is 0 Å². The van der Waals surface area contributed by atoms with Crippen LogP contribution in [0.4, 0.5) is 17.1 Å². The lowest BCUT2D eigenvalue weighted by Gasteiger charge is -2.13. The Bertz CT molecular complexity index is 591. The molecule has 0 aromatic heterocycles. The highest BCUT2D eigenvalue weighted by molar-refractivity contribution is 9.10. The van der Waals surface area contributed by atoms with Crippen molar-refractivity contribution in [2.45, 2.75) is 20.8 Å². The van der Waals surface area contributed by atoms with Crippen LogP contribution in [0.1, 0.15) is 16.7 Å². The van der Waals surface area contributed by atoms with E-state index in [-0.39, 0.29) is 0 Å². The minimum Gasteiger partial charge on any atom is -0.397 e. The van der Waals surface area contributed by atoms with Crippen LogP contribution in [-0.2, 0) is 0 Å². The summed E-state index contributed by atoms with van der Waals surface area (Å²) in [6, 6.07) is 10.3. The number of nitrogens with one attached hydrogen (secondary N) is 1. The van der Waals surface area contributed by atoms with Gasteiger partial charge in [0.15, 0.2) is 0 Å². The molecule has 2 rings (SSSR count). The maximum atomic E-state index is 6.04. The highest BCUT2D eigenvalue weighted by atomic mass is 79.9. The zero-order valence-corrected chi connectivity index (χ0v) is 12.4. The van der Waals surface area contributed by atoms with Gasteiger partial charge in [-0.15, -0.1) is 0 Å². The molecule has 0 aliphatic rings. The van der Waals surface area contributed by atoms with Crippen LogP contribution >= 0.6 is 15.9 Å². The lowest BCUT2D eigenvalue weighted by molar-refractivity contribution is 1.33. The fourth-order valence-corrected chi connectivity index (χ4v) is 2.41. The molecule has 18 heavy (non-hydrogen) atoms. The summed E-state index contributed by atoms with van der Waals surface area (Å²) in [6.45, 7) is 6.22. The molecule has 94 valence electrons. The largest absolute Gasteiger partial charge is 0.397 e. The second-order valence-corrected chi connectivity index (χ2v) is 5.49. The van der Waals surface area contributed by atoms with E-state index in [1.54, 1.807) is 0 Å². The lowest BCUT2D eigenvalue weighted by Crippen LogP contribution is -1.99. The van der Waals surface area contributed by atoms with Crippen LogP contribution in [0.2, 0.25) is 0 Å². The van der Waals surface area contributed by atoms with Gasteiger partial charge in [-0.3, -0.25) is 0 Å². The van der Waals surface area contributed by atoms with E-state index >= 15 is 0 Å². The van der Waals surface area contributed by atoms with Gasteiger partial charge in [-0.1, -0.05) is 6.07 Å². The summed E-state index contributed by atoms with van der Waals surface area (Å²) in [4.78, 5) is 0. The van der Waals surface area contributed by atoms with Gasteiger partial charge in [-0.2, -0.15) is 0 Å². The van der Waals surface area contributed by atoms with E-state index in [4.69, 9.17) is 5.73 Å². The number of hydrogen-bond donors (Lipinski definition) is 2. The van der Waals surface area contributed by atoms with Crippen LogP contribution < -0.4 is 11.1 Å². The van der Waals surface area contributed by atoms with Crippen LogP contribution in [0.3, 0.4) is 0 Å². The molecule has 0 aliphatic carbocycles. The molecule has 2 aromatic rings. The molecule has 2 nitrogen and oxygen atoms in total. The quantitative estimate of drug-likeness (QED) is 0.789. The van der Waals surface area contributed by atoms with Crippen LogP contribution in [0.25, 0.3) is 0 Å². The topological polar surface area (TPSA) is 38.0 Å². The summed E-state index contributed by atoms with van der Waals surface area (Å²) in [5.41, 5.74) is 12.4. The van der Waals surface area contributed by atoms with Crippen molar-refractivity contribution in [1.29, 1.82) is 0 Å². The predicted octanol–water partition coefficient (Wildman–Crippen LogP) is 4.70. The SMILES string of the molecule is Cc1ccc(Nc2cc(C)c(C)cc2N)c(Br)c1. The van der Waals surface area contributed by atoms with Gasteiger partial charge in [-0.25, -0.2) is 0 Å². The highest BCUT2D eigenvalue weighted by Gasteiger charge is 2.05. The van der Waals surface area contributed by atoms with E-state index in [0.29, 0.717) is 0 Å². The van der Waals surface area contributed by atoms with Gasteiger partial charge < -0.3 is 11.1 Å². The van der Waals surface area contributed by atoms with Gasteiger partial charge in [-0.05, 0) is 77.7 Å². The normalized spacial score (nSPS) is 10.4. The van der Waals surface area contributed by atoms with Gasteiger partial charge in [0.1, 0.15) is 0 Å². The standard InChI is InChI=1S/C15H17BrN2/c1-9-4-5-14(12(16)6-9)18-15-8-11(3)10(2)7-13(15)17/h4-8,18H,17H2,1-3H3. The zero-order valence-electron chi connectivity index (χ0n) is 10.8. The Balaban J connectivity index is 2.37. The number of rotatable bonds is 2. The number of hydrogen-bond acceptors (Lipinski definition) is 2. The second kappa shape index (κ2) is 5.02. The van der Waals surface area contributed by atoms with Crippen LogP contribution in [0, 0.1) is 20.8 Å². The third kappa shape index (κ3) is 2.67. The molecular formula is C15H17BrN2. The van der Waals surface area contributed by atoms with Crippen molar-refractivity contribution in [3.05, 3.63) is 51.5 Å². The third-order valence-electron chi connectivity index (χ3n) is 3.06. The lowest BCUT2D eigenvalue weighted by atomic mass is 10.1. The molecular weight excluding hydrogens is 288 g/mol. The Morgan fingerprint density at radius 3 is 2.28 bits per heavy atom. The molecule has 0 amide bonds. The molecule has 0 spiro atoms. The summed E-state index contributed by atoms with van der Waals surface area (Å²) in [5.74, 6) is 0. The van der Waals surface area contributed by atoms with Crippen molar-refractivity contribution in [3.63, 3.8) is 0 Å². The molecule has 0 aliphatic heterocycles. The molecule has 0 atom stereocenters. The van der Waals surface area contributed by atoms with Gasteiger partial charge in [0.05, 0.1) is 17.1 Å². The Morgan fingerprint density at radius 1 is 0.944 bits per heavy atom. The maximum Gasteiger partial charge on any atom is 0.0621 e. The van der Waals surface area contributed by atoms with Crippen molar-refractivity contribution >= 4 is 33.0 Å². The van der Waals surface area contributed by atoms with Crippen LogP contribution in [0.5, 0.6) is 0 Å². The molecule has 0 radical (unpaired) electrons. The summed E-state index contributed by atoms with van der Waals surface area (Å²) >= 11 is 3.56. The van der Waals surface area contributed by atoms with Crippen molar-refractivity contribution in [2.75, 3.05) is 11.1 Å². The van der Waals surface area contributed by atoms with Crippen LogP contribution in [-0.4, -0.2) is 0 Å². The van der Waals surface area contributed by atoms with E-state index < -0.39 is 0 Å². The Labute approximate surface area is 116 Å². The first-order valence-corrected chi connectivity index (χ1v) is 6.66. The van der Waals surface area contributed by atoms with E-state index in [2.05, 4.69) is 60.2 Å². The molecule has 0 saturated heterocycles. The highest BCUT2D eigenvalue weighted by Crippen LogP contribution is 2.30.